The number of fused-ring (bicyclic) bond motifs is 3. The normalized spacial score (nSPS) is 18.8. The summed E-state index contributed by atoms with van der Waals surface area (Å²) in [6.45, 7) is 8.38. The molecule has 3 atom stereocenters. The van der Waals surface area contributed by atoms with E-state index in [4.69, 9.17) is 5.73 Å². The molecule has 2 aromatic carbocycles. The fourth-order valence-corrected chi connectivity index (χ4v) is 5.09. The summed E-state index contributed by atoms with van der Waals surface area (Å²) in [5.41, 5.74) is 9.24. The van der Waals surface area contributed by atoms with E-state index < -0.39 is 23.8 Å². The molecule has 6 heteroatoms. The molecule has 0 aromatic heterocycles. The predicted molar refractivity (Wildman–Crippen MR) is 138 cm³/mol. The second-order valence-corrected chi connectivity index (χ2v) is 10.2. The summed E-state index contributed by atoms with van der Waals surface area (Å²) < 4.78 is 0. The molecule has 0 saturated heterocycles. The number of anilines is 1. The zero-order valence-corrected chi connectivity index (χ0v) is 20.6. The molecule has 0 spiro atoms. The Bertz CT molecular complexity index is 1120. The van der Waals surface area contributed by atoms with Gasteiger partial charge in [0, 0.05) is 12.1 Å². The second-order valence-electron chi connectivity index (χ2n) is 10.2. The van der Waals surface area contributed by atoms with Gasteiger partial charge in [0.05, 0.1) is 17.5 Å². The van der Waals surface area contributed by atoms with Crippen molar-refractivity contribution in [3.8, 4) is 11.1 Å². The molecule has 2 aromatic rings. The lowest BCUT2D eigenvalue weighted by Crippen LogP contribution is -2.47. The van der Waals surface area contributed by atoms with Crippen molar-refractivity contribution in [3.05, 3.63) is 66.7 Å². The molecule has 1 aliphatic carbocycles. The van der Waals surface area contributed by atoms with Crippen LogP contribution in [-0.4, -0.2) is 24.3 Å². The maximum absolute atomic E-state index is 14.0. The molecule has 0 radical (unpaired) electrons. The number of carbonyl (C=O) groups excluding carboxylic acids is 3. The largest absolute Gasteiger partial charge is 0.369 e. The number of allylic oxidation sites excluding steroid dienone is 1. The summed E-state index contributed by atoms with van der Waals surface area (Å²) in [6, 6.07) is 14.8. The summed E-state index contributed by atoms with van der Waals surface area (Å²) in [5.74, 6) is -1.67. The highest BCUT2D eigenvalue weighted by molar-refractivity contribution is 6.06. The van der Waals surface area contributed by atoms with Crippen LogP contribution in [0.1, 0.15) is 51.1 Å². The molecule has 3 N–H and O–H groups in total. The Labute approximate surface area is 207 Å². The minimum atomic E-state index is -0.850. The number of nitrogens with zero attached hydrogens (tertiary/aromatic N) is 1. The monoisotopic (exact) mass is 473 g/mol. The number of benzene rings is 2. The van der Waals surface area contributed by atoms with Crippen LogP contribution in [0.5, 0.6) is 0 Å². The zero-order chi connectivity index (χ0) is 25.1. The van der Waals surface area contributed by atoms with Crippen molar-refractivity contribution in [2.24, 2.45) is 29.4 Å². The van der Waals surface area contributed by atoms with E-state index in [0.29, 0.717) is 25.3 Å². The molecule has 1 heterocycles. The molecule has 1 saturated carbocycles. The van der Waals surface area contributed by atoms with Gasteiger partial charge in [0.15, 0.2) is 0 Å². The maximum atomic E-state index is 14.0. The molecule has 35 heavy (non-hydrogen) atoms. The van der Waals surface area contributed by atoms with Gasteiger partial charge in [-0.2, -0.15) is 0 Å². The molecule has 3 unspecified atom stereocenters. The van der Waals surface area contributed by atoms with Crippen LogP contribution >= 0.6 is 0 Å². The fourth-order valence-electron chi connectivity index (χ4n) is 5.09. The summed E-state index contributed by atoms with van der Waals surface area (Å²) in [5, 5.41) is 3.05. The smallest absolute Gasteiger partial charge is 0.254 e. The van der Waals surface area contributed by atoms with E-state index >= 15 is 0 Å². The first-order valence-corrected chi connectivity index (χ1v) is 12.5. The van der Waals surface area contributed by atoms with Crippen LogP contribution in [0.3, 0.4) is 0 Å². The Morgan fingerprint density at radius 2 is 1.74 bits per heavy atom. The first-order chi connectivity index (χ1) is 16.8. The molecule has 2 aliphatic rings. The number of nitrogens with one attached hydrogen (secondary N) is 1. The highest BCUT2D eigenvalue weighted by Crippen LogP contribution is 2.42. The number of nitrogens with two attached hydrogens (primary N) is 1. The molecule has 1 aliphatic heterocycles. The van der Waals surface area contributed by atoms with Crippen LogP contribution in [0.15, 0.2) is 61.2 Å². The Balaban J connectivity index is 1.74. The number of amides is 3. The number of para-hydroxylation sites is 1. The first kappa shape index (κ1) is 24.7. The first-order valence-electron chi connectivity index (χ1n) is 12.5. The maximum Gasteiger partial charge on any atom is 0.254 e. The van der Waals surface area contributed by atoms with E-state index in [-0.39, 0.29) is 17.7 Å². The Hall–Kier alpha value is -3.41. The molecule has 1 fully saturated rings. The van der Waals surface area contributed by atoms with Crippen molar-refractivity contribution in [1.29, 1.82) is 0 Å². The van der Waals surface area contributed by atoms with E-state index in [2.05, 4.69) is 11.9 Å². The molecule has 0 bridgehead atoms. The minimum absolute atomic E-state index is 0.148. The molecule has 3 amide bonds. The predicted octanol–water partition coefficient (Wildman–Crippen LogP) is 4.61. The summed E-state index contributed by atoms with van der Waals surface area (Å²) in [7, 11) is 0. The van der Waals surface area contributed by atoms with Crippen LogP contribution in [0.4, 0.5) is 5.69 Å². The van der Waals surface area contributed by atoms with Gasteiger partial charge in [-0.25, -0.2) is 0 Å². The average Bonchev–Trinajstić information content (AvgIpc) is 3.67. The lowest BCUT2D eigenvalue weighted by atomic mass is 9.82. The topological polar surface area (TPSA) is 92.5 Å². The van der Waals surface area contributed by atoms with Crippen LogP contribution in [0.25, 0.3) is 11.1 Å². The molecule has 184 valence electrons. The number of hydrogen-bond acceptors (Lipinski definition) is 3. The van der Waals surface area contributed by atoms with Crippen LogP contribution in [-0.2, 0) is 14.4 Å². The van der Waals surface area contributed by atoms with Crippen molar-refractivity contribution < 1.29 is 14.4 Å². The zero-order valence-electron chi connectivity index (χ0n) is 20.6. The molecule has 6 nitrogen and oxygen atoms in total. The average molecular weight is 474 g/mol. The quantitative estimate of drug-likeness (QED) is 0.494. The van der Waals surface area contributed by atoms with Crippen molar-refractivity contribution in [3.63, 3.8) is 0 Å². The lowest BCUT2D eigenvalue weighted by Gasteiger charge is -2.30. The Kier molecular flexibility index (Phi) is 7.39. The second kappa shape index (κ2) is 10.5. The van der Waals surface area contributed by atoms with Gasteiger partial charge in [0.25, 0.3) is 5.91 Å². The molecular formula is C29H35N3O3. The number of carbonyl (C=O) groups is 3. The third kappa shape index (κ3) is 5.31. The van der Waals surface area contributed by atoms with E-state index in [9.17, 15) is 14.4 Å². The highest BCUT2D eigenvalue weighted by atomic mass is 16.2. The third-order valence-corrected chi connectivity index (χ3v) is 7.03. The van der Waals surface area contributed by atoms with Crippen LogP contribution in [0, 0.1) is 23.7 Å². The van der Waals surface area contributed by atoms with Crippen molar-refractivity contribution in [1.82, 2.24) is 5.32 Å². The summed E-state index contributed by atoms with van der Waals surface area (Å²) >= 11 is 0. The summed E-state index contributed by atoms with van der Waals surface area (Å²) in [6.07, 6.45) is 4.63. The molecule has 4 rings (SSSR count). The van der Waals surface area contributed by atoms with Crippen LogP contribution < -0.4 is 16.0 Å². The molecular weight excluding hydrogens is 438 g/mol. The Morgan fingerprint density at radius 1 is 1.09 bits per heavy atom. The Morgan fingerprint density at radius 3 is 2.37 bits per heavy atom. The van der Waals surface area contributed by atoms with Crippen LogP contribution in [0.2, 0.25) is 0 Å². The summed E-state index contributed by atoms with van der Waals surface area (Å²) in [4.78, 5) is 41.9. The fraction of sp³-hybridized carbons (Fsp3) is 0.414. The van der Waals surface area contributed by atoms with E-state index in [1.807, 2.05) is 67.3 Å². The van der Waals surface area contributed by atoms with Gasteiger partial charge in [0.1, 0.15) is 6.04 Å². The van der Waals surface area contributed by atoms with Gasteiger partial charge in [0.2, 0.25) is 11.8 Å². The van der Waals surface area contributed by atoms with Gasteiger partial charge in [-0.1, -0.05) is 62.4 Å². The SMILES string of the molecule is C=CCC(C(N)=O)C(CC(C)C)C(=O)NC1C(=O)N(CC2CC2)c2ccccc2-c2ccccc21. The van der Waals surface area contributed by atoms with Crippen molar-refractivity contribution in [2.75, 3.05) is 11.4 Å². The van der Waals surface area contributed by atoms with Crippen molar-refractivity contribution >= 4 is 23.4 Å². The van der Waals surface area contributed by atoms with E-state index in [0.717, 1.165) is 35.2 Å². The standard InChI is InChI=1S/C29H35N3O3/c1-4-9-23(27(30)33)24(16-18(2)3)28(34)31-26-22-12-6-5-10-20(22)21-11-7-8-13-25(21)32(29(26)35)17-19-14-15-19/h4-8,10-13,18-19,23-24,26H,1,9,14-17H2,2-3H3,(H2,30,33)(H,31,34). The van der Waals surface area contributed by atoms with E-state index in [1.165, 1.54) is 0 Å². The number of primary amides is 1. The highest BCUT2D eigenvalue weighted by Gasteiger charge is 2.40. The third-order valence-electron chi connectivity index (χ3n) is 7.03. The van der Waals surface area contributed by atoms with Gasteiger partial charge in [-0.3, -0.25) is 14.4 Å². The lowest BCUT2D eigenvalue weighted by molar-refractivity contribution is -0.135. The van der Waals surface area contributed by atoms with Gasteiger partial charge >= 0.3 is 0 Å². The van der Waals surface area contributed by atoms with E-state index in [1.54, 1.807) is 6.08 Å². The number of rotatable bonds is 10. The minimum Gasteiger partial charge on any atom is -0.369 e. The number of hydrogen-bond donors (Lipinski definition) is 2. The van der Waals surface area contributed by atoms with Gasteiger partial charge in [-0.05, 0) is 54.7 Å². The van der Waals surface area contributed by atoms with Gasteiger partial charge in [-0.15, -0.1) is 6.58 Å². The van der Waals surface area contributed by atoms with Crippen molar-refractivity contribution in [2.45, 2.75) is 45.6 Å². The van der Waals surface area contributed by atoms with Gasteiger partial charge < -0.3 is 16.0 Å².